The number of methoxy groups -OCH3 is 1. The molecule has 1 aromatic rings. The van der Waals surface area contributed by atoms with Gasteiger partial charge in [0.1, 0.15) is 5.75 Å². The number of piperazine rings is 1. The van der Waals surface area contributed by atoms with Crippen LogP contribution in [0.5, 0.6) is 5.75 Å². The number of likely N-dealkylation sites (tertiary alicyclic amines) is 1. The summed E-state index contributed by atoms with van der Waals surface area (Å²) in [6, 6.07) is 8.26. The molecule has 0 aromatic heterocycles. The molecule has 2 aliphatic heterocycles. The Morgan fingerprint density at radius 3 is 2.45 bits per heavy atom. The van der Waals surface area contributed by atoms with Gasteiger partial charge < -0.3 is 24.8 Å². The lowest BCUT2D eigenvalue weighted by atomic mass is 10.2. The maximum Gasteiger partial charge on any atom is 0.222 e. The quantitative estimate of drug-likeness (QED) is 0.262. The van der Waals surface area contributed by atoms with Crippen LogP contribution in [0.15, 0.2) is 29.3 Å². The van der Waals surface area contributed by atoms with Gasteiger partial charge >= 0.3 is 0 Å². The summed E-state index contributed by atoms with van der Waals surface area (Å²) in [6.45, 7) is 9.30. The van der Waals surface area contributed by atoms with E-state index in [0.29, 0.717) is 12.3 Å². The van der Waals surface area contributed by atoms with Gasteiger partial charge in [0.25, 0.3) is 0 Å². The van der Waals surface area contributed by atoms with Gasteiger partial charge in [0.2, 0.25) is 5.91 Å². The third-order valence-corrected chi connectivity index (χ3v) is 5.37. The summed E-state index contributed by atoms with van der Waals surface area (Å²) >= 11 is 0. The molecule has 7 nitrogen and oxygen atoms in total. The molecule has 0 radical (unpaired) electrons. The molecule has 29 heavy (non-hydrogen) atoms. The van der Waals surface area contributed by atoms with Crippen molar-refractivity contribution in [2.24, 2.45) is 4.99 Å². The fraction of sp³-hybridized carbons (Fsp3) is 0.619. The number of rotatable bonds is 7. The van der Waals surface area contributed by atoms with Crippen molar-refractivity contribution in [3.8, 4) is 5.75 Å². The summed E-state index contributed by atoms with van der Waals surface area (Å²) in [5.41, 5.74) is 1.23. The Bertz CT molecular complexity index is 660. The number of carbonyl (C=O) groups is 1. The zero-order valence-corrected chi connectivity index (χ0v) is 19.9. The third-order valence-electron chi connectivity index (χ3n) is 5.37. The number of anilines is 1. The Labute approximate surface area is 191 Å². The van der Waals surface area contributed by atoms with Gasteiger partial charge in [0.05, 0.1) is 7.11 Å². The molecule has 0 unspecified atom stereocenters. The van der Waals surface area contributed by atoms with Crippen molar-refractivity contribution < 1.29 is 9.53 Å². The number of hydrogen-bond donors (Lipinski definition) is 1. The molecule has 0 spiro atoms. The van der Waals surface area contributed by atoms with Crippen LogP contribution in [0.1, 0.15) is 26.2 Å². The first-order valence-corrected chi connectivity index (χ1v) is 10.4. The van der Waals surface area contributed by atoms with Gasteiger partial charge in [0, 0.05) is 64.5 Å². The van der Waals surface area contributed by atoms with Gasteiger partial charge in [-0.05, 0) is 44.0 Å². The third kappa shape index (κ3) is 6.65. The molecular weight excluding hydrogens is 481 g/mol. The molecule has 2 fully saturated rings. The second kappa shape index (κ2) is 12.1. The first-order chi connectivity index (χ1) is 13.7. The van der Waals surface area contributed by atoms with Gasteiger partial charge in [0.15, 0.2) is 5.96 Å². The number of hydrogen-bond acceptors (Lipinski definition) is 4. The van der Waals surface area contributed by atoms with Crippen molar-refractivity contribution in [2.75, 3.05) is 64.4 Å². The van der Waals surface area contributed by atoms with Gasteiger partial charge in [-0.15, -0.1) is 24.0 Å². The van der Waals surface area contributed by atoms with Crippen molar-refractivity contribution in [1.29, 1.82) is 0 Å². The number of ether oxygens (including phenoxy) is 1. The molecule has 2 saturated heterocycles. The smallest absolute Gasteiger partial charge is 0.222 e. The lowest BCUT2D eigenvalue weighted by Gasteiger charge is -2.37. The number of guanidine groups is 1. The molecule has 162 valence electrons. The normalized spacial score (nSPS) is 17.4. The SMILES string of the molecule is CCNC(=NCCCN1CCCC1=O)N1CCN(c2ccc(OC)cc2)CC1.I. The van der Waals surface area contributed by atoms with Crippen molar-refractivity contribution in [1.82, 2.24) is 15.1 Å². The summed E-state index contributed by atoms with van der Waals surface area (Å²) in [7, 11) is 1.69. The maximum atomic E-state index is 11.7. The average molecular weight is 515 g/mol. The molecule has 1 amide bonds. The molecule has 0 atom stereocenters. The minimum absolute atomic E-state index is 0. The molecule has 2 aliphatic rings. The van der Waals surface area contributed by atoms with E-state index in [9.17, 15) is 4.79 Å². The largest absolute Gasteiger partial charge is 0.497 e. The predicted octanol–water partition coefficient (Wildman–Crippen LogP) is 2.41. The molecule has 0 aliphatic carbocycles. The van der Waals surface area contributed by atoms with E-state index in [2.05, 4.69) is 34.2 Å². The van der Waals surface area contributed by atoms with Gasteiger partial charge in [-0.3, -0.25) is 9.79 Å². The van der Waals surface area contributed by atoms with E-state index in [1.807, 2.05) is 17.0 Å². The number of aliphatic imine (C=N–C) groups is 1. The van der Waals surface area contributed by atoms with E-state index < -0.39 is 0 Å². The number of nitrogens with zero attached hydrogens (tertiary/aromatic N) is 4. The predicted molar refractivity (Wildman–Crippen MR) is 129 cm³/mol. The summed E-state index contributed by atoms with van der Waals surface area (Å²) in [4.78, 5) is 23.2. The Morgan fingerprint density at radius 2 is 1.86 bits per heavy atom. The first kappa shape index (κ1) is 23.6. The second-order valence-electron chi connectivity index (χ2n) is 7.25. The zero-order chi connectivity index (χ0) is 19.8. The van der Waals surface area contributed by atoms with Crippen LogP contribution in [0, 0.1) is 0 Å². The number of halogens is 1. The van der Waals surface area contributed by atoms with Crippen LogP contribution in [0.3, 0.4) is 0 Å². The van der Waals surface area contributed by atoms with Crippen molar-refractivity contribution in [2.45, 2.75) is 26.2 Å². The Hall–Kier alpha value is -1.71. The second-order valence-corrected chi connectivity index (χ2v) is 7.25. The molecule has 1 aromatic carbocycles. The van der Waals surface area contributed by atoms with E-state index in [1.54, 1.807) is 7.11 Å². The zero-order valence-electron chi connectivity index (χ0n) is 17.6. The van der Waals surface area contributed by atoms with Crippen LogP contribution in [-0.4, -0.2) is 81.1 Å². The minimum Gasteiger partial charge on any atom is -0.497 e. The monoisotopic (exact) mass is 515 g/mol. The van der Waals surface area contributed by atoms with Crippen molar-refractivity contribution in [3.05, 3.63) is 24.3 Å². The lowest BCUT2D eigenvalue weighted by Crippen LogP contribution is -2.52. The van der Waals surface area contributed by atoms with E-state index in [0.717, 1.165) is 76.9 Å². The number of amides is 1. The summed E-state index contributed by atoms with van der Waals surface area (Å²) in [5, 5.41) is 3.42. The van der Waals surface area contributed by atoms with Crippen LogP contribution in [-0.2, 0) is 4.79 Å². The van der Waals surface area contributed by atoms with Gasteiger partial charge in [-0.2, -0.15) is 0 Å². The molecule has 1 N–H and O–H groups in total. The molecule has 0 saturated carbocycles. The number of carbonyl (C=O) groups excluding carboxylic acids is 1. The average Bonchev–Trinajstić information content (AvgIpc) is 3.15. The minimum atomic E-state index is 0. The molecule has 3 rings (SSSR count). The highest BCUT2D eigenvalue weighted by Gasteiger charge is 2.21. The summed E-state index contributed by atoms with van der Waals surface area (Å²) in [6.07, 6.45) is 2.64. The lowest BCUT2D eigenvalue weighted by molar-refractivity contribution is -0.127. The maximum absolute atomic E-state index is 11.7. The van der Waals surface area contributed by atoms with E-state index in [1.165, 1.54) is 5.69 Å². The molecule has 0 bridgehead atoms. The fourth-order valence-electron chi connectivity index (χ4n) is 3.78. The highest BCUT2D eigenvalue weighted by molar-refractivity contribution is 14.0. The van der Waals surface area contributed by atoms with Crippen LogP contribution in [0.25, 0.3) is 0 Å². The van der Waals surface area contributed by atoms with E-state index >= 15 is 0 Å². The Morgan fingerprint density at radius 1 is 1.14 bits per heavy atom. The van der Waals surface area contributed by atoms with Crippen LogP contribution in [0.4, 0.5) is 5.69 Å². The number of nitrogens with one attached hydrogen (secondary N) is 1. The highest BCUT2D eigenvalue weighted by atomic mass is 127. The van der Waals surface area contributed by atoms with E-state index in [-0.39, 0.29) is 24.0 Å². The Balaban J connectivity index is 0.00000300. The van der Waals surface area contributed by atoms with Crippen LogP contribution < -0.4 is 15.0 Å². The summed E-state index contributed by atoms with van der Waals surface area (Å²) in [5.74, 6) is 2.18. The number of benzene rings is 1. The topological polar surface area (TPSA) is 60.4 Å². The van der Waals surface area contributed by atoms with Crippen molar-refractivity contribution in [3.63, 3.8) is 0 Å². The van der Waals surface area contributed by atoms with Gasteiger partial charge in [-0.25, -0.2) is 0 Å². The molecule has 2 heterocycles. The molecular formula is C21H34IN5O2. The van der Waals surface area contributed by atoms with Gasteiger partial charge in [-0.1, -0.05) is 0 Å². The highest BCUT2D eigenvalue weighted by Crippen LogP contribution is 2.20. The van der Waals surface area contributed by atoms with Crippen LogP contribution in [0.2, 0.25) is 0 Å². The molecule has 8 heteroatoms. The Kier molecular flexibility index (Phi) is 9.83. The fourth-order valence-corrected chi connectivity index (χ4v) is 3.78. The van der Waals surface area contributed by atoms with Crippen molar-refractivity contribution >= 4 is 41.5 Å². The van der Waals surface area contributed by atoms with Crippen LogP contribution >= 0.6 is 24.0 Å². The first-order valence-electron chi connectivity index (χ1n) is 10.4. The summed E-state index contributed by atoms with van der Waals surface area (Å²) < 4.78 is 5.24. The standard InChI is InChI=1S/C21H33N5O2.HI/c1-3-22-21(23-11-5-13-25-12-4-6-20(25)27)26-16-14-24(15-17-26)18-7-9-19(28-2)10-8-18;/h7-10H,3-6,11-17H2,1-2H3,(H,22,23);1H. The van der Waals surface area contributed by atoms with E-state index in [4.69, 9.17) is 9.73 Å².